The molecule has 0 saturated carbocycles. The fourth-order valence-corrected chi connectivity index (χ4v) is 4.25. The fraction of sp³-hybridized carbons (Fsp3) is 0.421. The molecule has 1 aromatic rings. The average Bonchev–Trinajstić information content (AvgIpc) is 2.87. The molecule has 3 rings (SSSR count). The number of sulfonamides is 1. The van der Waals surface area contributed by atoms with E-state index in [0.717, 1.165) is 17.7 Å². The van der Waals surface area contributed by atoms with E-state index in [1.165, 1.54) is 0 Å². The van der Waals surface area contributed by atoms with Crippen LogP contribution < -0.4 is 5.32 Å². The van der Waals surface area contributed by atoms with Gasteiger partial charge in [-0.3, -0.25) is 0 Å². The van der Waals surface area contributed by atoms with Crippen molar-refractivity contribution >= 4 is 16.8 Å². The summed E-state index contributed by atoms with van der Waals surface area (Å²) in [5.74, 6) is 0. The summed E-state index contributed by atoms with van der Waals surface area (Å²) in [7, 11) is -5.36. The van der Waals surface area contributed by atoms with Gasteiger partial charge in [0.05, 0.1) is 0 Å². The number of carbonyl (C=O) groups is 1. The van der Waals surface area contributed by atoms with Crippen molar-refractivity contribution < 1.29 is 26.4 Å². The van der Waals surface area contributed by atoms with Gasteiger partial charge in [0.25, 0.3) is 0 Å². The van der Waals surface area contributed by atoms with E-state index in [2.05, 4.69) is 5.32 Å². The predicted molar refractivity (Wildman–Crippen MR) is 101 cm³/mol. The molecule has 0 spiro atoms. The van der Waals surface area contributed by atoms with Gasteiger partial charge in [-0.1, -0.05) is 42.5 Å². The zero-order valence-corrected chi connectivity index (χ0v) is 16.1. The molecule has 28 heavy (non-hydrogen) atoms. The molecule has 1 saturated heterocycles. The van der Waals surface area contributed by atoms with Crippen LogP contribution in [0.25, 0.3) is 0 Å². The largest absolute Gasteiger partial charge is 0.511 e. The van der Waals surface area contributed by atoms with Crippen molar-refractivity contribution in [3.05, 3.63) is 59.3 Å². The average molecular weight is 416 g/mol. The van der Waals surface area contributed by atoms with Gasteiger partial charge < -0.3 is 10.1 Å². The normalized spacial score (nSPS) is 20.5. The summed E-state index contributed by atoms with van der Waals surface area (Å²) in [5.41, 5.74) is -2.85. The van der Waals surface area contributed by atoms with Crippen LogP contribution in [0.4, 0.5) is 13.2 Å². The van der Waals surface area contributed by atoms with E-state index < -0.39 is 15.5 Å². The number of rotatable bonds is 4. The maximum absolute atomic E-state index is 13.1. The highest BCUT2D eigenvalue weighted by Crippen LogP contribution is 2.31. The molecule has 1 aromatic carbocycles. The lowest BCUT2D eigenvalue weighted by molar-refractivity contribution is -0.0980. The first-order chi connectivity index (χ1) is 13.3. The fourth-order valence-electron chi connectivity index (χ4n) is 3.27. The molecule has 154 valence electrons. The quantitative estimate of drug-likeness (QED) is 0.819. The Bertz CT molecular complexity index is 821. The van der Waals surface area contributed by atoms with Crippen LogP contribution in [-0.2, 0) is 21.2 Å². The van der Waals surface area contributed by atoms with Gasteiger partial charge in [0, 0.05) is 24.8 Å². The van der Waals surface area contributed by atoms with E-state index in [9.17, 15) is 21.6 Å². The summed E-state index contributed by atoms with van der Waals surface area (Å²) in [6, 6.07) is 9.22. The van der Waals surface area contributed by atoms with Gasteiger partial charge >= 0.3 is 15.5 Å². The Balaban J connectivity index is 0.00000136. The van der Waals surface area contributed by atoms with Crippen molar-refractivity contribution in [2.24, 2.45) is 0 Å². The van der Waals surface area contributed by atoms with Crippen molar-refractivity contribution in [1.29, 1.82) is 0 Å². The first-order valence-electron chi connectivity index (χ1n) is 8.82. The van der Waals surface area contributed by atoms with E-state index >= 15 is 0 Å². The minimum Gasteiger partial charge on any atom is -0.381 e. The van der Waals surface area contributed by atoms with E-state index in [4.69, 9.17) is 4.79 Å². The third kappa shape index (κ3) is 5.23. The number of allylic oxidation sites excluding steroid dienone is 2. The Kier molecular flexibility index (Phi) is 7.42. The van der Waals surface area contributed by atoms with Crippen LogP contribution in [0.2, 0.25) is 0 Å². The maximum Gasteiger partial charge on any atom is 0.511 e. The zero-order valence-electron chi connectivity index (χ0n) is 15.3. The molecular formula is C19H23F3N2O3S. The first-order valence-corrected chi connectivity index (χ1v) is 10.3. The van der Waals surface area contributed by atoms with Crippen molar-refractivity contribution in [1.82, 2.24) is 9.62 Å². The number of benzene rings is 1. The second-order valence-electron chi connectivity index (χ2n) is 6.53. The molecule has 1 atom stereocenters. The second-order valence-corrected chi connectivity index (χ2v) is 8.46. The van der Waals surface area contributed by atoms with Crippen LogP contribution in [0, 0.1) is 0 Å². The number of hydrogen-bond acceptors (Lipinski definition) is 4. The number of hydrogen-bond donors (Lipinski definition) is 1. The van der Waals surface area contributed by atoms with E-state index in [1.54, 1.807) is 0 Å². The molecule has 0 radical (unpaired) electrons. The SMILES string of the molecule is C=O.O=S(=O)(N1CC2=CCCC=C2N[C@@H](CCc2ccccc2)C1)C(F)(F)F. The molecule has 9 heteroatoms. The molecule has 2 aliphatic rings. The topological polar surface area (TPSA) is 66.5 Å². The molecule has 1 heterocycles. The standard InChI is InChI=1S/C18H21F3N2O2S.CH2O/c19-18(20,21)26(24,25)23-12-15-8-4-5-9-17(15)22-16(13-23)11-10-14-6-2-1-3-7-14;1-2/h1-3,6-9,16,22H,4-5,10-13H2;1H2/t16-;/m0./s1. The molecular weight excluding hydrogens is 393 g/mol. The lowest BCUT2D eigenvalue weighted by Crippen LogP contribution is -2.45. The van der Waals surface area contributed by atoms with Gasteiger partial charge in [-0.05, 0) is 36.8 Å². The van der Waals surface area contributed by atoms with Crippen LogP contribution in [0.5, 0.6) is 0 Å². The molecule has 0 aromatic heterocycles. The maximum atomic E-state index is 13.1. The Morgan fingerprint density at radius 1 is 1.11 bits per heavy atom. The van der Waals surface area contributed by atoms with Gasteiger partial charge in [-0.25, -0.2) is 8.42 Å². The van der Waals surface area contributed by atoms with Gasteiger partial charge in [-0.15, -0.1) is 0 Å². The lowest BCUT2D eigenvalue weighted by atomic mass is 10.0. The Morgan fingerprint density at radius 3 is 2.39 bits per heavy atom. The number of nitrogens with one attached hydrogen (secondary N) is 1. The van der Waals surface area contributed by atoms with Crippen LogP contribution in [0.1, 0.15) is 24.8 Å². The molecule has 1 aliphatic carbocycles. The highest BCUT2D eigenvalue weighted by atomic mass is 32.2. The van der Waals surface area contributed by atoms with E-state index in [1.807, 2.05) is 49.3 Å². The Labute approximate surface area is 163 Å². The minimum atomic E-state index is -5.36. The number of alkyl halides is 3. The third-order valence-electron chi connectivity index (χ3n) is 4.64. The molecule has 1 fully saturated rings. The number of halogens is 3. The Morgan fingerprint density at radius 2 is 1.75 bits per heavy atom. The van der Waals surface area contributed by atoms with E-state index in [0.29, 0.717) is 29.1 Å². The highest BCUT2D eigenvalue weighted by Gasteiger charge is 2.51. The van der Waals surface area contributed by atoms with Crippen molar-refractivity contribution in [3.8, 4) is 0 Å². The predicted octanol–water partition coefficient (Wildman–Crippen LogP) is 3.16. The van der Waals surface area contributed by atoms with Crippen LogP contribution in [0.15, 0.2) is 53.8 Å². The van der Waals surface area contributed by atoms with Gasteiger partial charge in [-0.2, -0.15) is 17.5 Å². The van der Waals surface area contributed by atoms with Crippen molar-refractivity contribution in [2.45, 2.75) is 37.2 Å². The molecule has 1 N–H and O–H groups in total. The van der Waals surface area contributed by atoms with Crippen molar-refractivity contribution in [2.75, 3.05) is 13.1 Å². The highest BCUT2D eigenvalue weighted by molar-refractivity contribution is 7.90. The van der Waals surface area contributed by atoms with E-state index in [-0.39, 0.29) is 19.1 Å². The minimum absolute atomic E-state index is 0.205. The summed E-state index contributed by atoms with van der Waals surface area (Å²) in [6.07, 6.45) is 6.46. The van der Waals surface area contributed by atoms with Crippen molar-refractivity contribution in [3.63, 3.8) is 0 Å². The third-order valence-corrected chi connectivity index (χ3v) is 6.18. The molecule has 0 bridgehead atoms. The van der Waals surface area contributed by atoms with Gasteiger partial charge in [0.1, 0.15) is 6.79 Å². The van der Waals surface area contributed by atoms with Crippen LogP contribution in [-0.4, -0.2) is 44.2 Å². The molecule has 0 amide bonds. The summed E-state index contributed by atoms with van der Waals surface area (Å²) < 4.78 is 63.7. The monoisotopic (exact) mass is 416 g/mol. The lowest BCUT2D eigenvalue weighted by Gasteiger charge is -2.24. The molecule has 0 unspecified atom stereocenters. The summed E-state index contributed by atoms with van der Waals surface area (Å²) in [4.78, 5) is 8.00. The number of carbonyl (C=O) groups excluding carboxylic acids is 1. The van der Waals surface area contributed by atoms with Crippen LogP contribution in [0.3, 0.4) is 0 Å². The summed E-state index contributed by atoms with van der Waals surface area (Å²) in [5, 5.41) is 3.26. The van der Waals surface area contributed by atoms with Gasteiger partial charge in [0.2, 0.25) is 0 Å². The van der Waals surface area contributed by atoms with Crippen LogP contribution >= 0.6 is 0 Å². The molecule has 5 nitrogen and oxygen atoms in total. The number of fused-ring (bicyclic) bond motifs is 1. The second kappa shape index (κ2) is 9.38. The summed E-state index contributed by atoms with van der Waals surface area (Å²) in [6.45, 7) is 1.55. The van der Waals surface area contributed by atoms with Gasteiger partial charge in [0.15, 0.2) is 0 Å². The number of nitrogens with zero attached hydrogens (tertiary/aromatic N) is 1. The molecule has 1 aliphatic heterocycles. The number of aryl methyl sites for hydroxylation is 1. The summed E-state index contributed by atoms with van der Waals surface area (Å²) >= 11 is 0. The zero-order chi connectivity index (χ0) is 20.8. The first kappa shape index (κ1) is 22.2. The smallest absolute Gasteiger partial charge is 0.381 e. The Hall–Kier alpha value is -2.13.